The van der Waals surface area contributed by atoms with Crippen molar-refractivity contribution in [2.24, 2.45) is 0 Å². The zero-order chi connectivity index (χ0) is 15.2. The number of likely N-dealkylation sites (N-methyl/N-ethyl adjacent to an activating group) is 1. The van der Waals surface area contributed by atoms with Crippen molar-refractivity contribution in [3.05, 3.63) is 58.2 Å². The standard InChI is InChI=1S/C13H13N5O3/c1-17(8-12-14-9-15-16-12)13(19)7-4-10-2-5-11(6-3-10)18(20)21/h2-7,9H,8H2,1H3,(H,14,15,16). The molecule has 0 saturated carbocycles. The number of nitrogens with zero attached hydrogens (tertiary/aromatic N) is 4. The summed E-state index contributed by atoms with van der Waals surface area (Å²) in [7, 11) is 1.64. The van der Waals surface area contributed by atoms with Crippen LogP contribution in [0.3, 0.4) is 0 Å². The van der Waals surface area contributed by atoms with Crippen LogP contribution in [0.4, 0.5) is 5.69 Å². The normalized spacial score (nSPS) is 10.7. The molecule has 0 saturated heterocycles. The third-order valence-corrected chi connectivity index (χ3v) is 2.75. The predicted octanol–water partition coefficient (Wildman–Crippen LogP) is 1.38. The Morgan fingerprint density at radius 2 is 2.14 bits per heavy atom. The molecule has 0 bridgehead atoms. The number of nitrogens with one attached hydrogen (secondary N) is 1. The molecule has 0 aliphatic rings. The SMILES string of the molecule is CN(Cc1ncn[nH]1)C(=O)C=Cc1ccc([N+](=O)[O-])cc1. The fourth-order valence-electron chi connectivity index (χ4n) is 1.61. The number of hydrogen-bond donors (Lipinski definition) is 1. The molecule has 0 fully saturated rings. The topological polar surface area (TPSA) is 105 Å². The van der Waals surface area contributed by atoms with Crippen LogP contribution in [0.5, 0.6) is 0 Å². The summed E-state index contributed by atoms with van der Waals surface area (Å²) in [5.74, 6) is 0.388. The molecule has 8 nitrogen and oxygen atoms in total. The Bertz CT molecular complexity index is 649. The maximum Gasteiger partial charge on any atom is 0.269 e. The lowest BCUT2D eigenvalue weighted by Crippen LogP contribution is -2.24. The number of aromatic amines is 1. The highest BCUT2D eigenvalue weighted by Crippen LogP contribution is 2.13. The number of rotatable bonds is 5. The van der Waals surface area contributed by atoms with E-state index in [1.165, 1.54) is 29.4 Å². The second-order valence-electron chi connectivity index (χ2n) is 4.31. The second kappa shape index (κ2) is 6.42. The number of aromatic nitrogens is 3. The van der Waals surface area contributed by atoms with Gasteiger partial charge in [-0.2, -0.15) is 5.10 Å². The van der Waals surface area contributed by atoms with Crippen molar-refractivity contribution in [1.29, 1.82) is 0 Å². The summed E-state index contributed by atoms with van der Waals surface area (Å²) >= 11 is 0. The van der Waals surface area contributed by atoms with E-state index in [9.17, 15) is 14.9 Å². The van der Waals surface area contributed by atoms with Crippen LogP contribution >= 0.6 is 0 Å². The zero-order valence-electron chi connectivity index (χ0n) is 11.3. The lowest BCUT2D eigenvalue weighted by Gasteiger charge is -2.12. The number of carbonyl (C=O) groups is 1. The molecule has 1 N–H and O–H groups in total. The first-order valence-electron chi connectivity index (χ1n) is 6.08. The fourth-order valence-corrected chi connectivity index (χ4v) is 1.61. The van der Waals surface area contributed by atoms with Crippen LogP contribution in [0.25, 0.3) is 6.08 Å². The third-order valence-electron chi connectivity index (χ3n) is 2.75. The highest BCUT2D eigenvalue weighted by Gasteiger charge is 2.07. The molecular weight excluding hydrogens is 274 g/mol. The minimum atomic E-state index is -0.468. The van der Waals surface area contributed by atoms with E-state index in [0.29, 0.717) is 17.9 Å². The van der Waals surface area contributed by atoms with Crippen LogP contribution in [0.2, 0.25) is 0 Å². The average Bonchev–Trinajstić information content (AvgIpc) is 2.98. The Morgan fingerprint density at radius 3 is 2.71 bits per heavy atom. The van der Waals surface area contributed by atoms with Gasteiger partial charge >= 0.3 is 0 Å². The first kappa shape index (κ1) is 14.4. The summed E-state index contributed by atoms with van der Waals surface area (Å²) in [4.78, 5) is 27.4. The molecule has 21 heavy (non-hydrogen) atoms. The summed E-state index contributed by atoms with van der Waals surface area (Å²) in [5, 5.41) is 16.9. The van der Waals surface area contributed by atoms with Gasteiger partial charge < -0.3 is 4.90 Å². The summed E-state index contributed by atoms with van der Waals surface area (Å²) in [5.41, 5.74) is 0.725. The molecule has 2 aromatic rings. The summed E-state index contributed by atoms with van der Waals surface area (Å²) in [6.45, 7) is 0.323. The molecule has 0 aliphatic heterocycles. The van der Waals surface area contributed by atoms with Crippen LogP contribution in [-0.2, 0) is 11.3 Å². The van der Waals surface area contributed by atoms with Gasteiger partial charge in [-0.1, -0.05) is 0 Å². The number of nitro benzene ring substituents is 1. The summed E-state index contributed by atoms with van der Waals surface area (Å²) < 4.78 is 0. The number of benzene rings is 1. The van der Waals surface area contributed by atoms with E-state index < -0.39 is 4.92 Å². The average molecular weight is 287 g/mol. The molecule has 0 radical (unpaired) electrons. The molecule has 8 heteroatoms. The lowest BCUT2D eigenvalue weighted by atomic mass is 10.2. The smallest absolute Gasteiger partial charge is 0.269 e. The van der Waals surface area contributed by atoms with Crippen LogP contribution in [0, 0.1) is 10.1 Å². The van der Waals surface area contributed by atoms with Gasteiger partial charge in [-0.15, -0.1) is 0 Å². The Kier molecular flexibility index (Phi) is 4.39. The van der Waals surface area contributed by atoms with Crippen molar-refractivity contribution in [1.82, 2.24) is 20.1 Å². The van der Waals surface area contributed by atoms with Crippen LogP contribution in [-0.4, -0.2) is 38.0 Å². The van der Waals surface area contributed by atoms with Gasteiger partial charge in [-0.05, 0) is 23.8 Å². The highest BCUT2D eigenvalue weighted by atomic mass is 16.6. The first-order valence-corrected chi connectivity index (χ1v) is 6.08. The fraction of sp³-hybridized carbons (Fsp3) is 0.154. The number of hydrogen-bond acceptors (Lipinski definition) is 5. The van der Waals surface area contributed by atoms with E-state index in [1.807, 2.05) is 0 Å². The van der Waals surface area contributed by atoms with Crippen molar-refractivity contribution in [2.75, 3.05) is 7.05 Å². The summed E-state index contributed by atoms with van der Waals surface area (Å²) in [6, 6.07) is 5.95. The Balaban J connectivity index is 1.96. The molecule has 108 valence electrons. The molecule has 0 aliphatic carbocycles. The van der Waals surface area contributed by atoms with Crippen LogP contribution < -0.4 is 0 Å². The van der Waals surface area contributed by atoms with Gasteiger partial charge in [0.2, 0.25) is 5.91 Å². The van der Waals surface area contributed by atoms with E-state index in [0.717, 1.165) is 0 Å². The van der Waals surface area contributed by atoms with Crippen molar-refractivity contribution in [2.45, 2.75) is 6.54 Å². The minimum Gasteiger partial charge on any atom is -0.335 e. The Morgan fingerprint density at radius 1 is 1.43 bits per heavy atom. The quantitative estimate of drug-likeness (QED) is 0.508. The van der Waals surface area contributed by atoms with Gasteiger partial charge in [-0.25, -0.2) is 4.98 Å². The Hall–Kier alpha value is -3.03. The van der Waals surface area contributed by atoms with Gasteiger partial charge in [0.05, 0.1) is 11.5 Å². The van der Waals surface area contributed by atoms with Gasteiger partial charge in [0.15, 0.2) is 0 Å². The molecule has 0 atom stereocenters. The molecule has 1 amide bonds. The van der Waals surface area contributed by atoms with Gasteiger partial charge in [0, 0.05) is 25.3 Å². The van der Waals surface area contributed by atoms with E-state index in [4.69, 9.17) is 0 Å². The van der Waals surface area contributed by atoms with E-state index >= 15 is 0 Å². The van der Waals surface area contributed by atoms with Crippen molar-refractivity contribution in [3.63, 3.8) is 0 Å². The van der Waals surface area contributed by atoms with E-state index in [-0.39, 0.29) is 11.6 Å². The predicted molar refractivity (Wildman–Crippen MR) is 75.0 cm³/mol. The third kappa shape index (κ3) is 3.96. The second-order valence-corrected chi connectivity index (χ2v) is 4.31. The molecule has 0 spiro atoms. The molecule has 1 heterocycles. The number of non-ortho nitro benzene ring substituents is 1. The molecular formula is C13H13N5O3. The van der Waals surface area contributed by atoms with Crippen LogP contribution in [0.15, 0.2) is 36.7 Å². The zero-order valence-corrected chi connectivity index (χ0v) is 11.3. The molecule has 2 rings (SSSR count). The van der Waals surface area contributed by atoms with Crippen molar-refractivity contribution in [3.8, 4) is 0 Å². The maximum absolute atomic E-state index is 11.9. The lowest BCUT2D eigenvalue weighted by molar-refractivity contribution is -0.384. The summed E-state index contributed by atoms with van der Waals surface area (Å²) in [6.07, 6.45) is 4.38. The monoisotopic (exact) mass is 287 g/mol. The minimum absolute atomic E-state index is 0.0147. The largest absolute Gasteiger partial charge is 0.335 e. The van der Waals surface area contributed by atoms with Crippen LogP contribution in [0.1, 0.15) is 11.4 Å². The van der Waals surface area contributed by atoms with Crippen molar-refractivity contribution < 1.29 is 9.72 Å². The molecule has 1 aromatic carbocycles. The van der Waals surface area contributed by atoms with Gasteiger partial charge in [0.25, 0.3) is 5.69 Å². The maximum atomic E-state index is 11.9. The van der Waals surface area contributed by atoms with E-state index in [1.54, 1.807) is 25.3 Å². The number of amides is 1. The van der Waals surface area contributed by atoms with Gasteiger partial charge in [0.1, 0.15) is 12.2 Å². The molecule has 0 unspecified atom stereocenters. The molecule has 1 aromatic heterocycles. The Labute approximate surface area is 120 Å². The van der Waals surface area contributed by atoms with Crippen molar-refractivity contribution >= 4 is 17.7 Å². The first-order chi connectivity index (χ1) is 10.1. The highest BCUT2D eigenvalue weighted by molar-refractivity contribution is 5.91. The number of carbonyl (C=O) groups excluding carboxylic acids is 1. The van der Waals surface area contributed by atoms with Gasteiger partial charge in [-0.3, -0.25) is 20.0 Å². The number of H-pyrrole nitrogens is 1. The van der Waals surface area contributed by atoms with E-state index in [2.05, 4.69) is 15.2 Å². The number of nitro groups is 1.